The molecule has 3 N–H and O–H groups in total. The van der Waals surface area contributed by atoms with Crippen LogP contribution in [0.1, 0.15) is 33.7 Å². The SMILES string of the molecule is CC(C(=O)NC(C)(C)C)n1ccnc1-c1cccc(N)c1. The Kier molecular flexibility index (Phi) is 4.02. The van der Waals surface area contributed by atoms with Crippen LogP contribution in [-0.2, 0) is 4.79 Å². The van der Waals surface area contributed by atoms with Gasteiger partial charge in [-0.15, -0.1) is 0 Å². The highest BCUT2D eigenvalue weighted by atomic mass is 16.2. The van der Waals surface area contributed by atoms with Gasteiger partial charge in [-0.1, -0.05) is 12.1 Å². The van der Waals surface area contributed by atoms with Crippen molar-refractivity contribution < 1.29 is 4.79 Å². The summed E-state index contributed by atoms with van der Waals surface area (Å²) >= 11 is 0. The van der Waals surface area contributed by atoms with Crippen LogP contribution in [-0.4, -0.2) is 21.0 Å². The minimum atomic E-state index is -0.344. The van der Waals surface area contributed by atoms with Crippen molar-refractivity contribution in [1.29, 1.82) is 0 Å². The Hall–Kier alpha value is -2.30. The first-order valence-corrected chi connectivity index (χ1v) is 6.99. The normalized spacial score (nSPS) is 13.0. The Morgan fingerprint density at radius 1 is 1.38 bits per heavy atom. The van der Waals surface area contributed by atoms with Crippen LogP contribution < -0.4 is 11.1 Å². The van der Waals surface area contributed by atoms with Crippen LogP contribution in [0.3, 0.4) is 0 Å². The number of nitrogens with zero attached hydrogens (tertiary/aromatic N) is 2. The zero-order valence-corrected chi connectivity index (χ0v) is 12.9. The van der Waals surface area contributed by atoms with Crippen molar-refractivity contribution >= 4 is 11.6 Å². The van der Waals surface area contributed by atoms with Crippen LogP contribution in [0.4, 0.5) is 5.69 Å². The molecule has 2 rings (SSSR count). The van der Waals surface area contributed by atoms with Gasteiger partial charge in [-0.25, -0.2) is 4.98 Å². The topological polar surface area (TPSA) is 72.9 Å². The van der Waals surface area contributed by atoms with E-state index in [4.69, 9.17) is 5.73 Å². The van der Waals surface area contributed by atoms with Gasteiger partial charge in [0.15, 0.2) is 0 Å². The van der Waals surface area contributed by atoms with Gasteiger partial charge in [0.1, 0.15) is 11.9 Å². The summed E-state index contributed by atoms with van der Waals surface area (Å²) in [7, 11) is 0. The number of carbonyl (C=O) groups is 1. The first-order valence-electron chi connectivity index (χ1n) is 6.99. The first-order chi connectivity index (χ1) is 9.78. The molecule has 21 heavy (non-hydrogen) atoms. The molecule has 0 aliphatic rings. The van der Waals surface area contributed by atoms with Crippen molar-refractivity contribution in [3.8, 4) is 11.4 Å². The lowest BCUT2D eigenvalue weighted by atomic mass is 10.1. The van der Waals surface area contributed by atoms with E-state index < -0.39 is 0 Å². The quantitative estimate of drug-likeness (QED) is 0.852. The number of nitrogens with two attached hydrogens (primary N) is 1. The molecule has 1 atom stereocenters. The number of rotatable bonds is 3. The molecule has 0 spiro atoms. The van der Waals surface area contributed by atoms with Gasteiger partial charge in [-0.05, 0) is 39.8 Å². The summed E-state index contributed by atoms with van der Waals surface area (Å²) in [5.74, 6) is 0.699. The summed E-state index contributed by atoms with van der Waals surface area (Å²) in [5, 5.41) is 2.99. The lowest BCUT2D eigenvalue weighted by molar-refractivity contribution is -0.125. The van der Waals surface area contributed by atoms with Crippen molar-refractivity contribution in [1.82, 2.24) is 14.9 Å². The molecule has 0 bridgehead atoms. The van der Waals surface area contributed by atoms with Crippen molar-refractivity contribution in [3.63, 3.8) is 0 Å². The molecule has 0 radical (unpaired) electrons. The molecule has 1 amide bonds. The zero-order chi connectivity index (χ0) is 15.6. The summed E-state index contributed by atoms with van der Waals surface area (Å²) in [5.41, 5.74) is 7.13. The lowest BCUT2D eigenvalue weighted by Gasteiger charge is -2.24. The Morgan fingerprint density at radius 2 is 2.10 bits per heavy atom. The van der Waals surface area contributed by atoms with E-state index in [2.05, 4.69) is 10.3 Å². The number of nitrogens with one attached hydrogen (secondary N) is 1. The van der Waals surface area contributed by atoms with Crippen LogP contribution in [0.2, 0.25) is 0 Å². The second-order valence-electron chi connectivity index (χ2n) is 6.20. The third-order valence-electron chi connectivity index (χ3n) is 3.11. The predicted octanol–water partition coefficient (Wildman–Crippen LogP) is 2.61. The van der Waals surface area contributed by atoms with Gasteiger partial charge < -0.3 is 15.6 Å². The van der Waals surface area contributed by atoms with Crippen LogP contribution in [0.25, 0.3) is 11.4 Å². The summed E-state index contributed by atoms with van der Waals surface area (Å²) in [4.78, 5) is 16.7. The van der Waals surface area contributed by atoms with Crippen LogP contribution >= 0.6 is 0 Å². The number of carbonyl (C=O) groups excluding carboxylic acids is 1. The minimum absolute atomic E-state index is 0.0364. The molecule has 0 saturated carbocycles. The number of hydrogen-bond donors (Lipinski definition) is 2. The van der Waals surface area contributed by atoms with Gasteiger partial charge in [0.2, 0.25) is 5.91 Å². The Morgan fingerprint density at radius 3 is 2.71 bits per heavy atom. The predicted molar refractivity (Wildman–Crippen MR) is 84.7 cm³/mol. The molecule has 1 aromatic heterocycles. The first kappa shape index (κ1) is 15.1. The maximum absolute atomic E-state index is 12.3. The molecule has 1 unspecified atom stereocenters. The zero-order valence-electron chi connectivity index (χ0n) is 12.9. The molecular formula is C16H22N4O. The highest BCUT2D eigenvalue weighted by molar-refractivity contribution is 5.81. The largest absolute Gasteiger partial charge is 0.399 e. The van der Waals surface area contributed by atoms with E-state index in [1.165, 1.54) is 0 Å². The van der Waals surface area contributed by atoms with E-state index in [0.717, 1.165) is 11.4 Å². The highest BCUT2D eigenvalue weighted by Crippen LogP contribution is 2.23. The number of hydrogen-bond acceptors (Lipinski definition) is 3. The van der Waals surface area contributed by atoms with E-state index in [1.807, 2.05) is 62.7 Å². The van der Waals surface area contributed by atoms with Gasteiger partial charge in [-0.3, -0.25) is 4.79 Å². The van der Waals surface area contributed by atoms with Crippen LogP contribution in [0.5, 0.6) is 0 Å². The molecule has 2 aromatic rings. The van der Waals surface area contributed by atoms with Crippen molar-refractivity contribution in [2.75, 3.05) is 5.73 Å². The molecule has 0 aliphatic carbocycles. The molecule has 0 fully saturated rings. The molecule has 5 heteroatoms. The minimum Gasteiger partial charge on any atom is -0.399 e. The standard InChI is InChI=1S/C16H22N4O/c1-11(15(21)19-16(2,3)4)20-9-8-18-14(20)12-6-5-7-13(17)10-12/h5-11H,17H2,1-4H3,(H,19,21). The van der Waals surface area contributed by atoms with Gasteiger partial charge in [-0.2, -0.15) is 0 Å². The van der Waals surface area contributed by atoms with Gasteiger partial charge >= 0.3 is 0 Å². The average molecular weight is 286 g/mol. The Balaban J connectivity index is 2.30. The molecular weight excluding hydrogens is 264 g/mol. The maximum Gasteiger partial charge on any atom is 0.243 e. The molecule has 112 valence electrons. The van der Waals surface area contributed by atoms with Gasteiger partial charge in [0.25, 0.3) is 0 Å². The number of nitrogen functional groups attached to an aromatic ring is 1. The van der Waals surface area contributed by atoms with Gasteiger partial charge in [0, 0.05) is 29.2 Å². The fourth-order valence-corrected chi connectivity index (χ4v) is 2.13. The number of aromatic nitrogens is 2. The third kappa shape index (κ3) is 3.62. The fourth-order valence-electron chi connectivity index (χ4n) is 2.13. The maximum atomic E-state index is 12.3. The number of benzene rings is 1. The van der Waals surface area contributed by atoms with E-state index in [9.17, 15) is 4.79 Å². The highest BCUT2D eigenvalue weighted by Gasteiger charge is 2.22. The molecule has 1 aromatic carbocycles. The van der Waals surface area contributed by atoms with E-state index >= 15 is 0 Å². The molecule has 1 heterocycles. The van der Waals surface area contributed by atoms with Crippen LogP contribution in [0, 0.1) is 0 Å². The van der Waals surface area contributed by atoms with E-state index in [1.54, 1.807) is 6.20 Å². The number of anilines is 1. The summed E-state index contributed by atoms with van der Waals surface area (Å²) in [6.45, 7) is 7.75. The number of imidazole rings is 1. The molecule has 0 aliphatic heterocycles. The van der Waals surface area contributed by atoms with Crippen molar-refractivity contribution in [2.45, 2.75) is 39.3 Å². The molecule has 0 saturated heterocycles. The van der Waals surface area contributed by atoms with Crippen molar-refractivity contribution in [2.24, 2.45) is 0 Å². The summed E-state index contributed by atoms with van der Waals surface area (Å²) < 4.78 is 1.86. The number of amides is 1. The monoisotopic (exact) mass is 286 g/mol. The van der Waals surface area contributed by atoms with E-state index in [0.29, 0.717) is 5.69 Å². The molecule has 5 nitrogen and oxygen atoms in total. The fraction of sp³-hybridized carbons (Fsp3) is 0.375. The average Bonchev–Trinajstić information content (AvgIpc) is 2.84. The summed E-state index contributed by atoms with van der Waals surface area (Å²) in [6.07, 6.45) is 3.50. The smallest absolute Gasteiger partial charge is 0.243 e. The van der Waals surface area contributed by atoms with Crippen LogP contribution in [0.15, 0.2) is 36.7 Å². The Bertz CT molecular complexity index is 640. The summed E-state index contributed by atoms with van der Waals surface area (Å²) in [6, 6.07) is 7.15. The van der Waals surface area contributed by atoms with E-state index in [-0.39, 0.29) is 17.5 Å². The second kappa shape index (κ2) is 5.60. The van der Waals surface area contributed by atoms with Gasteiger partial charge in [0.05, 0.1) is 0 Å². The van der Waals surface area contributed by atoms with Crippen molar-refractivity contribution in [3.05, 3.63) is 36.7 Å². The second-order valence-corrected chi connectivity index (χ2v) is 6.20. The lowest BCUT2D eigenvalue weighted by Crippen LogP contribution is -2.43. The Labute approximate surface area is 125 Å². The third-order valence-corrected chi connectivity index (χ3v) is 3.11.